The summed E-state index contributed by atoms with van der Waals surface area (Å²) in [6.07, 6.45) is 7.03. The minimum Gasteiger partial charge on any atom is -0.490 e. The van der Waals surface area contributed by atoms with Gasteiger partial charge in [-0.1, -0.05) is 30.0 Å². The number of rotatable bonds is 7. The highest BCUT2D eigenvalue weighted by molar-refractivity contribution is 7.98. The van der Waals surface area contributed by atoms with E-state index >= 15 is 0 Å². The van der Waals surface area contributed by atoms with Crippen molar-refractivity contribution in [3.8, 4) is 23.3 Å². The van der Waals surface area contributed by atoms with Crippen LogP contribution in [0.25, 0.3) is 11.5 Å². The number of hydrogen-bond donors (Lipinski definition) is 0. The number of aromatic nitrogens is 3. The van der Waals surface area contributed by atoms with Gasteiger partial charge in [-0.05, 0) is 60.9 Å². The monoisotopic (exact) mass is 523 g/mol. The Balaban J connectivity index is 1.05. The molecule has 2 unspecified atom stereocenters. The number of nitriles is 1. The number of piperidine rings is 1. The molecule has 2 aromatic carbocycles. The van der Waals surface area contributed by atoms with Crippen molar-refractivity contribution in [2.75, 3.05) is 0 Å². The van der Waals surface area contributed by atoms with Gasteiger partial charge in [0.2, 0.25) is 5.89 Å². The second kappa shape index (κ2) is 10.7. The average molecular weight is 524 g/mol. The lowest BCUT2D eigenvalue weighted by Crippen LogP contribution is -2.49. The highest BCUT2D eigenvalue weighted by Gasteiger charge is 2.44. The molecule has 8 nitrogen and oxygen atoms in total. The van der Waals surface area contributed by atoms with Crippen LogP contribution in [0.4, 0.5) is 0 Å². The Morgan fingerprint density at radius 2 is 1.82 bits per heavy atom. The highest BCUT2D eigenvalue weighted by Crippen LogP contribution is 2.38. The van der Waals surface area contributed by atoms with Crippen LogP contribution in [0.3, 0.4) is 0 Å². The maximum absolute atomic E-state index is 13.4. The van der Waals surface area contributed by atoms with Crippen molar-refractivity contribution in [2.45, 2.75) is 54.8 Å². The van der Waals surface area contributed by atoms with E-state index in [9.17, 15) is 4.79 Å². The first-order valence-corrected chi connectivity index (χ1v) is 13.6. The molecule has 0 aliphatic carbocycles. The summed E-state index contributed by atoms with van der Waals surface area (Å²) >= 11 is 1.46. The highest BCUT2D eigenvalue weighted by atomic mass is 32.2. The second-order valence-electron chi connectivity index (χ2n) is 9.54. The van der Waals surface area contributed by atoms with Crippen LogP contribution < -0.4 is 4.74 Å². The quantitative estimate of drug-likeness (QED) is 0.292. The minimum atomic E-state index is 0.0497. The summed E-state index contributed by atoms with van der Waals surface area (Å²) in [6, 6.07) is 21.2. The molecule has 2 aliphatic rings. The van der Waals surface area contributed by atoms with Gasteiger partial charge in [0.25, 0.3) is 11.1 Å². The summed E-state index contributed by atoms with van der Waals surface area (Å²) in [5.74, 6) is 1.93. The molecule has 2 saturated heterocycles. The van der Waals surface area contributed by atoms with Crippen LogP contribution in [-0.2, 0) is 5.75 Å². The van der Waals surface area contributed by atoms with Crippen LogP contribution in [0.5, 0.6) is 5.75 Å². The van der Waals surface area contributed by atoms with Crippen molar-refractivity contribution in [3.05, 3.63) is 89.7 Å². The van der Waals surface area contributed by atoms with Gasteiger partial charge in [0, 0.05) is 54.2 Å². The van der Waals surface area contributed by atoms with E-state index in [-0.39, 0.29) is 24.1 Å². The van der Waals surface area contributed by atoms with E-state index in [4.69, 9.17) is 14.4 Å². The van der Waals surface area contributed by atoms with E-state index in [2.05, 4.69) is 26.2 Å². The van der Waals surface area contributed by atoms with E-state index < -0.39 is 0 Å². The third-order valence-electron chi connectivity index (χ3n) is 7.09. The molecular formula is C29H25N5O3S. The van der Waals surface area contributed by atoms with Crippen LogP contribution in [0, 0.1) is 11.3 Å². The molecule has 4 heterocycles. The first-order valence-electron chi connectivity index (χ1n) is 12.6. The predicted octanol–water partition coefficient (Wildman–Crippen LogP) is 5.51. The Morgan fingerprint density at radius 3 is 2.55 bits per heavy atom. The molecule has 0 spiro atoms. The number of thioether (sulfide) groups is 1. The maximum Gasteiger partial charge on any atom is 0.277 e. The summed E-state index contributed by atoms with van der Waals surface area (Å²) in [6.45, 7) is 0. The number of carbonyl (C=O) groups is 1. The molecule has 38 heavy (non-hydrogen) atoms. The maximum atomic E-state index is 13.4. The number of benzene rings is 2. The fourth-order valence-electron chi connectivity index (χ4n) is 5.30. The molecule has 2 fully saturated rings. The smallest absolute Gasteiger partial charge is 0.277 e. The topological polar surface area (TPSA) is 105 Å². The molecule has 2 aromatic heterocycles. The van der Waals surface area contributed by atoms with Gasteiger partial charge in [-0.15, -0.1) is 10.2 Å². The molecule has 6 rings (SSSR count). The van der Waals surface area contributed by atoms with Gasteiger partial charge in [-0.3, -0.25) is 9.78 Å². The summed E-state index contributed by atoms with van der Waals surface area (Å²) in [4.78, 5) is 19.5. The summed E-state index contributed by atoms with van der Waals surface area (Å²) in [5, 5.41) is 17.9. The largest absolute Gasteiger partial charge is 0.490 e. The summed E-state index contributed by atoms with van der Waals surface area (Å²) < 4.78 is 12.0. The van der Waals surface area contributed by atoms with Crippen LogP contribution in [0.15, 0.2) is 82.7 Å². The van der Waals surface area contributed by atoms with E-state index in [1.54, 1.807) is 24.5 Å². The molecule has 0 saturated carbocycles. The first kappa shape index (κ1) is 24.2. The van der Waals surface area contributed by atoms with Gasteiger partial charge in [0.1, 0.15) is 11.9 Å². The number of pyridine rings is 1. The Bertz CT molecular complexity index is 1450. The fourth-order valence-corrected chi connectivity index (χ4v) is 6.02. The zero-order valence-electron chi connectivity index (χ0n) is 20.6. The number of amides is 1. The van der Waals surface area contributed by atoms with Gasteiger partial charge in [-0.25, -0.2) is 0 Å². The molecule has 9 heteroatoms. The van der Waals surface area contributed by atoms with Crippen LogP contribution >= 0.6 is 11.8 Å². The first-order chi connectivity index (χ1) is 18.7. The van der Waals surface area contributed by atoms with Crippen LogP contribution in [-0.4, -0.2) is 44.2 Å². The molecule has 0 radical (unpaired) electrons. The van der Waals surface area contributed by atoms with Gasteiger partial charge in [-0.2, -0.15) is 5.26 Å². The molecule has 190 valence electrons. The van der Waals surface area contributed by atoms with E-state index in [0.717, 1.165) is 42.6 Å². The molecular weight excluding hydrogens is 498 g/mol. The lowest BCUT2D eigenvalue weighted by Gasteiger charge is -2.39. The van der Waals surface area contributed by atoms with Crippen LogP contribution in [0.1, 0.15) is 47.2 Å². The Kier molecular flexibility index (Phi) is 6.80. The molecule has 2 bridgehead atoms. The number of carbonyl (C=O) groups excluding carboxylic acids is 1. The lowest BCUT2D eigenvalue weighted by atomic mass is 9.98. The molecule has 2 aliphatic heterocycles. The fraction of sp³-hybridized carbons (Fsp3) is 0.276. The third-order valence-corrected chi connectivity index (χ3v) is 7.98. The summed E-state index contributed by atoms with van der Waals surface area (Å²) in [7, 11) is 0. The van der Waals surface area contributed by atoms with Gasteiger partial charge in [0.05, 0.1) is 11.6 Å². The number of fused-ring (bicyclic) bond motifs is 2. The van der Waals surface area contributed by atoms with Crippen LogP contribution in [0.2, 0.25) is 0 Å². The van der Waals surface area contributed by atoms with Crippen molar-refractivity contribution in [3.63, 3.8) is 0 Å². The number of hydrogen-bond acceptors (Lipinski definition) is 8. The van der Waals surface area contributed by atoms with Crippen molar-refractivity contribution < 1.29 is 13.9 Å². The third kappa shape index (κ3) is 5.13. The molecule has 0 N–H and O–H groups in total. The molecule has 1 amide bonds. The summed E-state index contributed by atoms with van der Waals surface area (Å²) in [5.41, 5.74) is 3.20. The zero-order chi connectivity index (χ0) is 25.9. The van der Waals surface area contributed by atoms with Gasteiger partial charge in [0.15, 0.2) is 0 Å². The second-order valence-corrected chi connectivity index (χ2v) is 10.5. The molecule has 2 atom stereocenters. The Labute approximate surface area is 224 Å². The minimum absolute atomic E-state index is 0.0497. The average Bonchev–Trinajstić information content (AvgIpc) is 3.54. The SMILES string of the molecule is N#Cc1cccc(OC2CC3CCC(C2)N3C(=O)c2ccc(CSc3nnc(-c4ccncc4)o3)cc2)c1. The van der Waals surface area contributed by atoms with E-state index in [0.29, 0.717) is 28.0 Å². The lowest BCUT2D eigenvalue weighted by molar-refractivity contribution is 0.0359. The van der Waals surface area contributed by atoms with Crippen molar-refractivity contribution in [1.29, 1.82) is 5.26 Å². The van der Waals surface area contributed by atoms with Gasteiger partial charge >= 0.3 is 0 Å². The zero-order valence-corrected chi connectivity index (χ0v) is 21.4. The number of ether oxygens (including phenoxy) is 1. The van der Waals surface area contributed by atoms with E-state index in [1.807, 2.05) is 48.5 Å². The predicted molar refractivity (Wildman–Crippen MR) is 141 cm³/mol. The standard InChI is InChI=1S/C29H25N5O3S/c30-17-20-2-1-3-25(14-20)36-26-15-23-8-9-24(16-26)34(23)28(35)22-6-4-19(5-7-22)18-38-29-33-32-27(37-29)21-10-12-31-13-11-21/h1-7,10-14,23-24,26H,8-9,15-16,18H2. The van der Waals surface area contributed by atoms with Gasteiger partial charge < -0.3 is 14.1 Å². The normalized spacial score (nSPS) is 20.2. The number of nitrogens with zero attached hydrogens (tertiary/aromatic N) is 5. The Hall–Kier alpha value is -4.16. The van der Waals surface area contributed by atoms with E-state index in [1.165, 1.54) is 11.8 Å². The van der Waals surface area contributed by atoms with Crippen molar-refractivity contribution in [2.24, 2.45) is 0 Å². The Morgan fingerprint density at radius 1 is 1.05 bits per heavy atom. The van der Waals surface area contributed by atoms with Crippen molar-refractivity contribution >= 4 is 17.7 Å². The van der Waals surface area contributed by atoms with Crippen molar-refractivity contribution in [1.82, 2.24) is 20.1 Å². The molecule has 4 aromatic rings.